The molecule has 0 aromatic heterocycles. The molecule has 0 atom stereocenters. The average Bonchev–Trinajstić information content (AvgIpc) is 3.08. The molecule has 0 saturated heterocycles. The van der Waals surface area contributed by atoms with Gasteiger partial charge in [-0.05, 0) is 36.4 Å². The summed E-state index contributed by atoms with van der Waals surface area (Å²) in [5.41, 5.74) is 1.04. The zero-order chi connectivity index (χ0) is 22.4. The highest BCUT2D eigenvalue weighted by Crippen LogP contribution is 2.37. The van der Waals surface area contributed by atoms with Crippen LogP contribution < -0.4 is 0 Å². The number of benzene rings is 2. The van der Waals surface area contributed by atoms with Gasteiger partial charge in [0, 0.05) is 22.3 Å². The Morgan fingerprint density at radius 1 is 0.613 bits per heavy atom. The summed E-state index contributed by atoms with van der Waals surface area (Å²) in [6, 6.07) is 5.59. The van der Waals surface area contributed by atoms with Crippen molar-refractivity contribution in [3.63, 3.8) is 0 Å². The zero-order valence-electron chi connectivity index (χ0n) is 15.4. The number of aliphatic hydroxyl groups is 1. The first-order valence-corrected chi connectivity index (χ1v) is 10.3. The van der Waals surface area contributed by atoms with Crippen molar-refractivity contribution in [2.75, 3.05) is 0 Å². The van der Waals surface area contributed by atoms with Crippen LogP contribution in [0.4, 0.5) is 0 Å². The minimum atomic E-state index is -0.442. The highest BCUT2D eigenvalue weighted by molar-refractivity contribution is 6.45. The molecular formula is C23H10Cl4O4. The van der Waals surface area contributed by atoms with Crippen molar-refractivity contribution in [3.05, 3.63) is 108 Å². The highest BCUT2D eigenvalue weighted by atomic mass is 35.5. The molecule has 0 bridgehead atoms. The van der Waals surface area contributed by atoms with E-state index in [0.717, 1.165) is 0 Å². The normalized spacial score (nSPS) is 15.6. The Morgan fingerprint density at radius 3 is 1.58 bits per heavy atom. The molecule has 154 valence electrons. The van der Waals surface area contributed by atoms with Gasteiger partial charge in [-0.1, -0.05) is 64.6 Å². The third-order valence-corrected chi connectivity index (χ3v) is 6.29. The second-order valence-corrected chi connectivity index (χ2v) is 8.33. The van der Waals surface area contributed by atoms with Crippen molar-refractivity contribution < 1.29 is 19.5 Å². The third-order valence-electron chi connectivity index (χ3n) is 4.85. The van der Waals surface area contributed by atoms with E-state index in [9.17, 15) is 19.5 Å². The van der Waals surface area contributed by atoms with Gasteiger partial charge >= 0.3 is 0 Å². The first kappa shape index (κ1) is 21.6. The fourth-order valence-electron chi connectivity index (χ4n) is 3.32. The Balaban J connectivity index is 1.55. The Kier molecular flexibility index (Phi) is 5.67. The van der Waals surface area contributed by atoms with Crippen LogP contribution in [-0.2, 0) is 0 Å². The molecule has 4 nitrogen and oxygen atoms in total. The molecule has 0 heterocycles. The second kappa shape index (κ2) is 8.13. The number of carbonyl (C=O) groups excluding carboxylic acids is 3. The van der Waals surface area contributed by atoms with E-state index >= 15 is 0 Å². The molecular weight excluding hydrogens is 482 g/mol. The average molecular weight is 492 g/mol. The van der Waals surface area contributed by atoms with Gasteiger partial charge in [-0.25, -0.2) is 0 Å². The molecule has 2 aromatic carbocycles. The number of carbonyl (C=O) groups is 3. The van der Waals surface area contributed by atoms with E-state index in [1.165, 1.54) is 54.6 Å². The molecule has 0 aliphatic heterocycles. The van der Waals surface area contributed by atoms with Gasteiger partial charge in [0.15, 0.2) is 17.3 Å². The van der Waals surface area contributed by atoms with Crippen LogP contribution in [0.2, 0.25) is 20.1 Å². The molecule has 1 N–H and O–H groups in total. The largest absolute Gasteiger partial charge is 0.507 e. The van der Waals surface area contributed by atoms with Gasteiger partial charge in [-0.3, -0.25) is 14.4 Å². The third kappa shape index (κ3) is 3.66. The maximum atomic E-state index is 12.5. The first-order chi connectivity index (χ1) is 14.7. The summed E-state index contributed by atoms with van der Waals surface area (Å²) >= 11 is 23.8. The maximum Gasteiger partial charge on any atom is 0.197 e. The molecule has 0 unspecified atom stereocenters. The maximum absolute atomic E-state index is 12.5. The molecule has 0 amide bonds. The van der Waals surface area contributed by atoms with Crippen LogP contribution in [0, 0.1) is 0 Å². The van der Waals surface area contributed by atoms with Crippen LogP contribution in [0.1, 0.15) is 36.6 Å². The van der Waals surface area contributed by atoms with Crippen molar-refractivity contribution in [1.29, 1.82) is 0 Å². The number of rotatable bonds is 3. The van der Waals surface area contributed by atoms with Crippen molar-refractivity contribution in [2.24, 2.45) is 0 Å². The fourth-order valence-corrected chi connectivity index (χ4v) is 3.97. The lowest BCUT2D eigenvalue weighted by Crippen LogP contribution is -1.99. The summed E-state index contributed by atoms with van der Waals surface area (Å²) < 4.78 is 0. The summed E-state index contributed by atoms with van der Waals surface area (Å²) in [5, 5.41) is 11.2. The molecule has 8 heteroatoms. The lowest BCUT2D eigenvalue weighted by atomic mass is 10.1. The van der Waals surface area contributed by atoms with E-state index < -0.39 is 11.6 Å². The minimum absolute atomic E-state index is 0.0197. The lowest BCUT2D eigenvalue weighted by Gasteiger charge is -2.01. The zero-order valence-corrected chi connectivity index (χ0v) is 18.4. The Morgan fingerprint density at radius 2 is 1.06 bits per heavy atom. The Bertz CT molecular complexity index is 1290. The predicted octanol–water partition coefficient (Wildman–Crippen LogP) is 6.88. The SMILES string of the molecule is O=C1C(=CC=CC=CC2=C(O)c3cc(Cl)c(Cl)cc3C2=O)C(=O)c2cc(Cl)c(Cl)cc21. The number of aliphatic hydroxyl groups excluding tert-OH is 1. The second-order valence-electron chi connectivity index (χ2n) is 6.70. The van der Waals surface area contributed by atoms with Crippen molar-refractivity contribution >= 4 is 69.5 Å². The summed E-state index contributed by atoms with van der Waals surface area (Å²) in [4.78, 5) is 37.4. The standard InChI is InChI=1S/C23H10Cl4O4/c24-16-6-12-13(7-17(16)25)21(29)10(20(12)28)4-2-1-3-5-11-22(30)14-8-18(26)19(27)9-15(14)23(11)31/h1-9,28H. The van der Waals surface area contributed by atoms with Crippen LogP contribution in [0.5, 0.6) is 0 Å². The van der Waals surface area contributed by atoms with Gasteiger partial charge in [0.25, 0.3) is 0 Å². The van der Waals surface area contributed by atoms with E-state index in [1.54, 1.807) is 0 Å². The summed E-state index contributed by atoms with van der Waals surface area (Å²) in [6.45, 7) is 0. The van der Waals surface area contributed by atoms with E-state index in [4.69, 9.17) is 46.4 Å². The fraction of sp³-hybridized carbons (Fsp3) is 0. The molecule has 2 aromatic rings. The number of Topliss-reactive ketones (excluding diaryl/α,β-unsaturated/α-hetero) is 3. The van der Waals surface area contributed by atoms with Gasteiger partial charge in [0.1, 0.15) is 5.76 Å². The summed E-state index contributed by atoms with van der Waals surface area (Å²) in [5.74, 6) is -1.48. The number of fused-ring (bicyclic) bond motifs is 2. The number of allylic oxidation sites excluding steroid dienone is 7. The van der Waals surface area contributed by atoms with Gasteiger partial charge in [-0.2, -0.15) is 0 Å². The van der Waals surface area contributed by atoms with Crippen molar-refractivity contribution in [1.82, 2.24) is 0 Å². The molecule has 0 spiro atoms. The van der Waals surface area contributed by atoms with Crippen LogP contribution in [0.25, 0.3) is 5.76 Å². The molecule has 0 fully saturated rings. The highest BCUT2D eigenvalue weighted by Gasteiger charge is 2.33. The number of hydrogen-bond donors (Lipinski definition) is 1. The van der Waals surface area contributed by atoms with E-state index in [2.05, 4.69) is 0 Å². The van der Waals surface area contributed by atoms with Gasteiger partial charge in [-0.15, -0.1) is 0 Å². The minimum Gasteiger partial charge on any atom is -0.507 e. The molecule has 2 aliphatic rings. The Labute approximate surface area is 196 Å². The molecule has 0 radical (unpaired) electrons. The van der Waals surface area contributed by atoms with Gasteiger partial charge < -0.3 is 5.11 Å². The van der Waals surface area contributed by atoms with Crippen molar-refractivity contribution in [2.45, 2.75) is 0 Å². The predicted molar refractivity (Wildman–Crippen MR) is 122 cm³/mol. The van der Waals surface area contributed by atoms with Gasteiger partial charge in [0.2, 0.25) is 0 Å². The first-order valence-electron chi connectivity index (χ1n) is 8.81. The van der Waals surface area contributed by atoms with E-state index in [1.807, 2.05) is 0 Å². The quantitative estimate of drug-likeness (QED) is 0.288. The number of halogens is 4. The van der Waals surface area contributed by atoms with Crippen LogP contribution in [0.3, 0.4) is 0 Å². The van der Waals surface area contributed by atoms with Crippen LogP contribution >= 0.6 is 46.4 Å². The summed E-state index contributed by atoms with van der Waals surface area (Å²) in [7, 11) is 0. The topological polar surface area (TPSA) is 71.4 Å². The number of ketones is 3. The van der Waals surface area contributed by atoms with Crippen LogP contribution in [0.15, 0.2) is 65.8 Å². The molecule has 4 rings (SSSR count). The summed E-state index contributed by atoms with van der Waals surface area (Å²) in [6.07, 6.45) is 7.29. The Hall–Kier alpha value is -2.63. The van der Waals surface area contributed by atoms with E-state index in [-0.39, 0.29) is 59.5 Å². The lowest BCUT2D eigenvalue weighted by molar-refractivity contribution is 0.0986. The monoisotopic (exact) mass is 490 g/mol. The molecule has 31 heavy (non-hydrogen) atoms. The molecule has 0 saturated carbocycles. The van der Waals surface area contributed by atoms with E-state index in [0.29, 0.717) is 5.56 Å². The molecule has 2 aliphatic carbocycles. The van der Waals surface area contributed by atoms with Crippen LogP contribution in [-0.4, -0.2) is 22.5 Å². The smallest absolute Gasteiger partial charge is 0.197 e. The number of hydrogen-bond acceptors (Lipinski definition) is 4. The van der Waals surface area contributed by atoms with Crippen molar-refractivity contribution in [3.8, 4) is 0 Å². The van der Waals surface area contributed by atoms with Gasteiger partial charge in [0.05, 0.1) is 31.2 Å².